The molecule has 0 bridgehead atoms. The number of rotatable bonds is 9. The smallest absolute Gasteiger partial charge is 0.264 e. The number of carbonyl (C=O) groups is 2. The Morgan fingerprint density at radius 2 is 1.91 bits per heavy atom. The number of hydrogen-bond donors (Lipinski definition) is 0. The summed E-state index contributed by atoms with van der Waals surface area (Å²) in [4.78, 5) is 32.7. The van der Waals surface area contributed by atoms with Gasteiger partial charge in [-0.05, 0) is 30.4 Å². The second kappa shape index (κ2) is 11.5. The molecule has 2 aliphatic rings. The van der Waals surface area contributed by atoms with E-state index in [1.807, 2.05) is 63.7 Å². The number of amides is 2. The van der Waals surface area contributed by atoms with E-state index in [2.05, 4.69) is 4.90 Å². The van der Waals surface area contributed by atoms with E-state index < -0.39 is 0 Å². The lowest BCUT2D eigenvalue weighted by molar-refractivity contribution is -0.139. The third-order valence-electron chi connectivity index (χ3n) is 6.61. The molecule has 0 radical (unpaired) electrons. The summed E-state index contributed by atoms with van der Waals surface area (Å²) >= 11 is 1.48. The van der Waals surface area contributed by atoms with E-state index in [9.17, 15) is 9.59 Å². The number of hydrogen-bond acceptors (Lipinski definition) is 5. The van der Waals surface area contributed by atoms with Gasteiger partial charge in [0, 0.05) is 57.3 Å². The Hall–Kier alpha value is -2.64. The molecular formula is C26H33N3O3S. The van der Waals surface area contributed by atoms with Crippen LogP contribution in [0.5, 0.6) is 5.75 Å². The van der Waals surface area contributed by atoms with Gasteiger partial charge in [-0.3, -0.25) is 14.5 Å². The van der Waals surface area contributed by atoms with Gasteiger partial charge in [0.15, 0.2) is 0 Å². The first-order valence-corrected chi connectivity index (χ1v) is 12.7. The molecule has 2 aromatic rings. The summed E-state index contributed by atoms with van der Waals surface area (Å²) in [7, 11) is 1.67. The first-order chi connectivity index (χ1) is 16.2. The standard InChI is InChI=1S/C26H33N3O3S/c1-32-23-11-3-2-7-21(23)10-5-13-28(26(31)24-12-6-20-33-24)17-14-27-15-18-29(19-16-27)25(30)22-8-4-9-22/h2-3,5-7,10-12,20,22H,4,8-9,13-19H2,1H3/b10-5+. The molecule has 1 aromatic heterocycles. The van der Waals surface area contributed by atoms with Crippen molar-refractivity contribution in [2.75, 3.05) is 52.9 Å². The molecule has 2 fully saturated rings. The van der Waals surface area contributed by atoms with E-state index in [4.69, 9.17) is 4.74 Å². The lowest BCUT2D eigenvalue weighted by Gasteiger charge is -2.38. The molecule has 1 aliphatic heterocycles. The summed E-state index contributed by atoms with van der Waals surface area (Å²) < 4.78 is 5.42. The maximum absolute atomic E-state index is 13.1. The number of nitrogens with zero attached hydrogens (tertiary/aromatic N) is 3. The molecule has 4 rings (SSSR count). The molecule has 0 unspecified atom stereocenters. The Balaban J connectivity index is 1.33. The van der Waals surface area contributed by atoms with Gasteiger partial charge in [0.25, 0.3) is 5.91 Å². The summed E-state index contributed by atoms with van der Waals surface area (Å²) in [5.41, 5.74) is 0.996. The third kappa shape index (κ3) is 6.03. The van der Waals surface area contributed by atoms with Crippen LogP contribution < -0.4 is 4.74 Å². The van der Waals surface area contributed by atoms with Gasteiger partial charge in [-0.1, -0.05) is 42.8 Å². The van der Waals surface area contributed by atoms with Gasteiger partial charge in [-0.25, -0.2) is 0 Å². The Morgan fingerprint density at radius 3 is 2.58 bits per heavy atom. The van der Waals surface area contributed by atoms with Crippen molar-refractivity contribution in [2.24, 2.45) is 5.92 Å². The summed E-state index contributed by atoms with van der Waals surface area (Å²) in [5, 5.41) is 1.94. The highest BCUT2D eigenvalue weighted by molar-refractivity contribution is 7.12. The SMILES string of the molecule is COc1ccccc1/C=C/CN(CCN1CCN(C(=O)C2CCC2)CC1)C(=O)c1cccs1. The minimum Gasteiger partial charge on any atom is -0.496 e. The van der Waals surface area contributed by atoms with Crippen LogP contribution in [-0.4, -0.2) is 79.4 Å². The molecular weight excluding hydrogens is 434 g/mol. The van der Waals surface area contributed by atoms with E-state index in [1.165, 1.54) is 17.8 Å². The lowest BCUT2D eigenvalue weighted by Crippen LogP contribution is -2.52. The number of thiophene rings is 1. The topological polar surface area (TPSA) is 53.1 Å². The number of benzene rings is 1. The van der Waals surface area contributed by atoms with E-state index in [0.29, 0.717) is 19.0 Å². The van der Waals surface area contributed by atoms with Crippen molar-refractivity contribution in [3.05, 3.63) is 58.3 Å². The van der Waals surface area contributed by atoms with Crippen LogP contribution in [0.3, 0.4) is 0 Å². The number of piperazine rings is 1. The Morgan fingerprint density at radius 1 is 1.12 bits per heavy atom. The molecule has 1 aliphatic carbocycles. The highest BCUT2D eigenvalue weighted by Gasteiger charge is 2.31. The van der Waals surface area contributed by atoms with Gasteiger partial charge in [0.2, 0.25) is 5.91 Å². The van der Waals surface area contributed by atoms with Crippen LogP contribution in [0, 0.1) is 5.92 Å². The zero-order valence-electron chi connectivity index (χ0n) is 19.3. The fourth-order valence-electron chi connectivity index (χ4n) is 4.31. The van der Waals surface area contributed by atoms with E-state index >= 15 is 0 Å². The summed E-state index contributed by atoms with van der Waals surface area (Å²) in [6.45, 7) is 5.33. The van der Waals surface area contributed by atoms with Gasteiger partial charge in [-0.15, -0.1) is 11.3 Å². The second-order valence-corrected chi connectivity index (χ2v) is 9.62. The van der Waals surface area contributed by atoms with Gasteiger partial charge < -0.3 is 14.5 Å². The fraction of sp³-hybridized carbons (Fsp3) is 0.462. The molecule has 33 heavy (non-hydrogen) atoms. The average molecular weight is 468 g/mol. The van der Waals surface area contributed by atoms with Crippen molar-refractivity contribution >= 4 is 29.2 Å². The first-order valence-electron chi connectivity index (χ1n) is 11.8. The molecule has 7 heteroatoms. The highest BCUT2D eigenvalue weighted by atomic mass is 32.1. The van der Waals surface area contributed by atoms with Crippen LogP contribution in [0.15, 0.2) is 47.9 Å². The van der Waals surface area contributed by atoms with Crippen LogP contribution in [0.4, 0.5) is 0 Å². The largest absolute Gasteiger partial charge is 0.496 e. The maximum Gasteiger partial charge on any atom is 0.264 e. The van der Waals surface area contributed by atoms with Crippen LogP contribution in [0.1, 0.15) is 34.5 Å². The Bertz CT molecular complexity index is 947. The zero-order chi connectivity index (χ0) is 23.0. The van der Waals surface area contributed by atoms with Crippen molar-refractivity contribution in [1.29, 1.82) is 0 Å². The minimum absolute atomic E-state index is 0.0634. The van der Waals surface area contributed by atoms with Crippen LogP contribution in [0.25, 0.3) is 6.08 Å². The maximum atomic E-state index is 13.1. The van der Waals surface area contributed by atoms with Crippen molar-refractivity contribution in [2.45, 2.75) is 19.3 Å². The quantitative estimate of drug-likeness (QED) is 0.562. The van der Waals surface area contributed by atoms with Crippen LogP contribution >= 0.6 is 11.3 Å². The molecule has 0 atom stereocenters. The number of carbonyl (C=O) groups excluding carboxylic acids is 2. The molecule has 176 valence electrons. The van der Waals surface area contributed by atoms with Gasteiger partial charge in [0.1, 0.15) is 5.75 Å². The molecule has 1 saturated heterocycles. The molecule has 6 nitrogen and oxygen atoms in total. The fourth-order valence-corrected chi connectivity index (χ4v) is 5.00. The number of para-hydroxylation sites is 1. The zero-order valence-corrected chi connectivity index (χ0v) is 20.1. The summed E-state index contributed by atoms with van der Waals surface area (Å²) in [5.74, 6) is 1.50. The van der Waals surface area contributed by atoms with Gasteiger partial charge >= 0.3 is 0 Å². The lowest BCUT2D eigenvalue weighted by atomic mass is 9.84. The molecule has 0 N–H and O–H groups in total. The highest BCUT2D eigenvalue weighted by Crippen LogP contribution is 2.28. The number of ether oxygens (including phenoxy) is 1. The third-order valence-corrected chi connectivity index (χ3v) is 7.46. The minimum atomic E-state index is 0.0634. The van der Waals surface area contributed by atoms with E-state index in [1.54, 1.807) is 7.11 Å². The molecule has 1 aromatic carbocycles. The predicted molar refractivity (Wildman–Crippen MR) is 133 cm³/mol. The average Bonchev–Trinajstić information content (AvgIpc) is 3.35. The Labute approximate surface area is 200 Å². The Kier molecular flexibility index (Phi) is 8.18. The van der Waals surface area contributed by atoms with Crippen LogP contribution in [0.2, 0.25) is 0 Å². The second-order valence-electron chi connectivity index (χ2n) is 8.67. The summed E-state index contributed by atoms with van der Waals surface area (Å²) in [6, 6.07) is 11.7. The van der Waals surface area contributed by atoms with E-state index in [0.717, 1.165) is 61.8 Å². The molecule has 1 saturated carbocycles. The van der Waals surface area contributed by atoms with E-state index in [-0.39, 0.29) is 11.8 Å². The predicted octanol–water partition coefficient (Wildman–Crippen LogP) is 3.86. The molecule has 0 spiro atoms. The normalized spacial score (nSPS) is 17.2. The van der Waals surface area contributed by atoms with Crippen LogP contribution in [-0.2, 0) is 4.79 Å². The molecule has 2 heterocycles. The van der Waals surface area contributed by atoms with Crippen molar-refractivity contribution < 1.29 is 14.3 Å². The summed E-state index contributed by atoms with van der Waals surface area (Å²) in [6.07, 6.45) is 7.34. The van der Waals surface area contributed by atoms with Crippen molar-refractivity contribution in [1.82, 2.24) is 14.7 Å². The first kappa shape index (κ1) is 23.5. The van der Waals surface area contributed by atoms with Gasteiger partial charge in [0.05, 0.1) is 12.0 Å². The molecule has 2 amide bonds. The van der Waals surface area contributed by atoms with Crippen molar-refractivity contribution in [3.8, 4) is 5.75 Å². The number of methoxy groups -OCH3 is 1. The van der Waals surface area contributed by atoms with Crippen molar-refractivity contribution in [3.63, 3.8) is 0 Å². The monoisotopic (exact) mass is 467 g/mol. The van der Waals surface area contributed by atoms with Gasteiger partial charge in [-0.2, -0.15) is 0 Å².